The van der Waals surface area contributed by atoms with Crippen LogP contribution in [0.3, 0.4) is 0 Å². The molecule has 0 radical (unpaired) electrons. The van der Waals surface area contributed by atoms with Crippen LogP contribution in [-0.4, -0.2) is 36.7 Å². The van der Waals surface area contributed by atoms with E-state index in [1.165, 1.54) is 31.2 Å². The van der Waals surface area contributed by atoms with Crippen LogP contribution in [0.2, 0.25) is 0 Å². The Morgan fingerprint density at radius 3 is 2.48 bits per heavy atom. The van der Waals surface area contributed by atoms with Crippen LogP contribution in [0.25, 0.3) is 0 Å². The van der Waals surface area contributed by atoms with Gasteiger partial charge in [0.15, 0.2) is 0 Å². The number of nitrogens with two attached hydrogens (primary N) is 1. The number of hydrogen-bond acceptors (Lipinski definition) is 3. The van der Waals surface area contributed by atoms with Crippen LogP contribution >= 0.6 is 0 Å². The Bertz CT molecular complexity index is 437. The summed E-state index contributed by atoms with van der Waals surface area (Å²) in [7, 11) is 1.72. The molecule has 1 aromatic carbocycles. The summed E-state index contributed by atoms with van der Waals surface area (Å²) in [5.74, 6) is 0.919. The van der Waals surface area contributed by atoms with Crippen molar-refractivity contribution in [3.8, 4) is 5.75 Å². The van der Waals surface area contributed by atoms with Gasteiger partial charge in [0.05, 0.1) is 7.11 Å². The molecule has 0 saturated heterocycles. The van der Waals surface area contributed by atoms with Crippen molar-refractivity contribution in [3.63, 3.8) is 0 Å². The standard InChI is InChI=1S/C18H30N2O/c1-4-20(5-2)18(11-6-7-12-18)17(19)14-15-9-8-10-16(13-15)21-3/h8-10,13,17H,4-7,11-12,14,19H2,1-3H3. The Hall–Kier alpha value is -1.06. The molecule has 0 heterocycles. The zero-order valence-corrected chi connectivity index (χ0v) is 13.8. The zero-order chi connectivity index (χ0) is 15.3. The average molecular weight is 290 g/mol. The molecule has 1 atom stereocenters. The Labute approximate surface area is 129 Å². The van der Waals surface area contributed by atoms with Crippen molar-refractivity contribution in [1.29, 1.82) is 0 Å². The number of ether oxygens (including phenoxy) is 1. The first-order valence-corrected chi connectivity index (χ1v) is 8.29. The van der Waals surface area contributed by atoms with Crippen LogP contribution in [0.5, 0.6) is 5.75 Å². The minimum absolute atomic E-state index is 0.187. The Morgan fingerprint density at radius 1 is 1.24 bits per heavy atom. The van der Waals surface area contributed by atoms with E-state index < -0.39 is 0 Å². The summed E-state index contributed by atoms with van der Waals surface area (Å²) in [5, 5.41) is 0. The SMILES string of the molecule is CCN(CC)C1(C(N)Cc2cccc(OC)c2)CCCC1. The molecule has 0 bridgehead atoms. The largest absolute Gasteiger partial charge is 0.497 e. The Kier molecular flexibility index (Phi) is 5.65. The maximum Gasteiger partial charge on any atom is 0.119 e. The van der Waals surface area contributed by atoms with E-state index in [1.54, 1.807) is 7.11 Å². The molecule has 0 spiro atoms. The van der Waals surface area contributed by atoms with Gasteiger partial charge in [-0.05, 0) is 50.0 Å². The van der Waals surface area contributed by atoms with E-state index in [9.17, 15) is 0 Å². The Morgan fingerprint density at radius 2 is 1.90 bits per heavy atom. The molecule has 1 saturated carbocycles. The average Bonchev–Trinajstić information content (AvgIpc) is 2.99. The predicted octanol–water partition coefficient (Wildman–Crippen LogP) is 3.22. The van der Waals surface area contributed by atoms with Gasteiger partial charge in [-0.3, -0.25) is 4.90 Å². The highest BCUT2D eigenvalue weighted by molar-refractivity contribution is 5.29. The summed E-state index contributed by atoms with van der Waals surface area (Å²) in [6, 6.07) is 8.51. The van der Waals surface area contributed by atoms with E-state index in [-0.39, 0.29) is 11.6 Å². The Balaban J connectivity index is 2.16. The van der Waals surface area contributed by atoms with Crippen molar-refractivity contribution in [3.05, 3.63) is 29.8 Å². The lowest BCUT2D eigenvalue weighted by atomic mass is 9.83. The van der Waals surface area contributed by atoms with Crippen molar-refractivity contribution >= 4 is 0 Å². The molecule has 1 aliphatic rings. The highest BCUT2D eigenvalue weighted by Gasteiger charge is 2.43. The lowest BCUT2D eigenvalue weighted by Crippen LogP contribution is -2.59. The van der Waals surface area contributed by atoms with Gasteiger partial charge in [0.1, 0.15) is 5.75 Å². The third-order valence-corrected chi connectivity index (χ3v) is 5.14. The lowest BCUT2D eigenvalue weighted by molar-refractivity contribution is 0.0771. The molecule has 3 heteroatoms. The molecule has 2 rings (SSSR count). The van der Waals surface area contributed by atoms with E-state index in [2.05, 4.69) is 36.9 Å². The van der Waals surface area contributed by atoms with Crippen molar-refractivity contribution in [2.75, 3.05) is 20.2 Å². The normalized spacial score (nSPS) is 18.9. The number of likely N-dealkylation sites (N-methyl/N-ethyl adjacent to an activating group) is 1. The van der Waals surface area contributed by atoms with Crippen LogP contribution in [0.15, 0.2) is 24.3 Å². The topological polar surface area (TPSA) is 38.5 Å². The molecule has 3 nitrogen and oxygen atoms in total. The maximum atomic E-state index is 6.71. The van der Waals surface area contributed by atoms with Crippen LogP contribution < -0.4 is 10.5 Å². The first-order valence-electron chi connectivity index (χ1n) is 8.29. The molecule has 1 fully saturated rings. The fourth-order valence-corrected chi connectivity index (χ4v) is 4.01. The monoisotopic (exact) mass is 290 g/mol. The van der Waals surface area contributed by atoms with Gasteiger partial charge in [-0.15, -0.1) is 0 Å². The maximum absolute atomic E-state index is 6.71. The summed E-state index contributed by atoms with van der Waals surface area (Å²) in [5.41, 5.74) is 8.17. The number of methoxy groups -OCH3 is 1. The second kappa shape index (κ2) is 7.28. The van der Waals surface area contributed by atoms with Crippen LogP contribution in [0, 0.1) is 0 Å². The van der Waals surface area contributed by atoms with Gasteiger partial charge in [0, 0.05) is 11.6 Å². The molecule has 0 amide bonds. The predicted molar refractivity (Wildman–Crippen MR) is 88.8 cm³/mol. The first-order chi connectivity index (χ1) is 10.2. The van der Waals surface area contributed by atoms with Crippen molar-refractivity contribution < 1.29 is 4.74 Å². The minimum Gasteiger partial charge on any atom is -0.497 e. The van der Waals surface area contributed by atoms with Crippen LogP contribution in [0.4, 0.5) is 0 Å². The number of hydrogen-bond donors (Lipinski definition) is 1. The van der Waals surface area contributed by atoms with E-state index in [4.69, 9.17) is 10.5 Å². The van der Waals surface area contributed by atoms with Crippen molar-refractivity contribution in [1.82, 2.24) is 4.90 Å². The van der Waals surface area contributed by atoms with E-state index in [0.717, 1.165) is 25.3 Å². The van der Waals surface area contributed by atoms with Gasteiger partial charge < -0.3 is 10.5 Å². The smallest absolute Gasteiger partial charge is 0.119 e. The summed E-state index contributed by atoms with van der Waals surface area (Å²) >= 11 is 0. The van der Waals surface area contributed by atoms with Crippen molar-refractivity contribution in [2.24, 2.45) is 5.73 Å². The van der Waals surface area contributed by atoms with Crippen LogP contribution in [-0.2, 0) is 6.42 Å². The summed E-state index contributed by atoms with van der Waals surface area (Å²) in [6.07, 6.45) is 6.01. The summed E-state index contributed by atoms with van der Waals surface area (Å²) < 4.78 is 5.33. The second-order valence-electron chi connectivity index (χ2n) is 6.15. The van der Waals surface area contributed by atoms with Gasteiger partial charge in [-0.25, -0.2) is 0 Å². The van der Waals surface area contributed by atoms with Gasteiger partial charge >= 0.3 is 0 Å². The number of benzene rings is 1. The van der Waals surface area contributed by atoms with E-state index >= 15 is 0 Å². The molecule has 2 N–H and O–H groups in total. The van der Waals surface area contributed by atoms with Crippen LogP contribution in [0.1, 0.15) is 45.1 Å². The molecule has 118 valence electrons. The molecule has 0 aliphatic heterocycles. The lowest BCUT2D eigenvalue weighted by Gasteiger charge is -2.45. The highest BCUT2D eigenvalue weighted by Crippen LogP contribution is 2.38. The zero-order valence-electron chi connectivity index (χ0n) is 13.8. The molecular weight excluding hydrogens is 260 g/mol. The van der Waals surface area contributed by atoms with Gasteiger partial charge in [0.25, 0.3) is 0 Å². The molecule has 1 unspecified atom stereocenters. The molecule has 1 aromatic rings. The van der Waals surface area contributed by atoms with Gasteiger partial charge in [-0.2, -0.15) is 0 Å². The molecule has 1 aliphatic carbocycles. The van der Waals surface area contributed by atoms with Gasteiger partial charge in [0.2, 0.25) is 0 Å². The quantitative estimate of drug-likeness (QED) is 0.838. The van der Waals surface area contributed by atoms with Crippen molar-refractivity contribution in [2.45, 2.75) is 57.5 Å². The molecule has 0 aromatic heterocycles. The number of rotatable bonds is 7. The fraction of sp³-hybridized carbons (Fsp3) is 0.667. The molecule has 21 heavy (non-hydrogen) atoms. The highest BCUT2D eigenvalue weighted by atomic mass is 16.5. The fourth-order valence-electron chi connectivity index (χ4n) is 4.01. The third-order valence-electron chi connectivity index (χ3n) is 5.14. The van der Waals surface area contributed by atoms with E-state index in [0.29, 0.717) is 0 Å². The summed E-state index contributed by atoms with van der Waals surface area (Å²) in [4.78, 5) is 2.59. The summed E-state index contributed by atoms with van der Waals surface area (Å²) in [6.45, 7) is 6.67. The molecular formula is C18H30N2O. The van der Waals surface area contributed by atoms with Gasteiger partial charge in [-0.1, -0.05) is 38.8 Å². The first kappa shape index (κ1) is 16.3. The second-order valence-corrected chi connectivity index (χ2v) is 6.15. The minimum atomic E-state index is 0.187. The third kappa shape index (κ3) is 3.41. The number of nitrogens with zero attached hydrogens (tertiary/aromatic N) is 1. The van der Waals surface area contributed by atoms with E-state index in [1.807, 2.05) is 6.07 Å².